The van der Waals surface area contributed by atoms with Crippen LogP contribution in [0.25, 0.3) is 0 Å². The molecule has 21 heavy (non-hydrogen) atoms. The number of amides is 1. The molecule has 2 nitrogen and oxygen atoms in total. The number of carbonyl (C=O) groups is 1. The number of alkyl halides is 3. The molecule has 116 valence electrons. The van der Waals surface area contributed by atoms with Crippen molar-refractivity contribution in [2.75, 3.05) is 6.54 Å². The summed E-state index contributed by atoms with van der Waals surface area (Å²) in [4.78, 5) is 14.2. The zero-order chi connectivity index (χ0) is 15.6. The molecule has 0 aromatic heterocycles. The lowest BCUT2D eigenvalue weighted by Crippen LogP contribution is -2.44. The predicted octanol–water partition coefficient (Wildman–Crippen LogP) is 4.87. The normalized spacial score (nSPS) is 19.7. The lowest BCUT2D eigenvalue weighted by molar-refractivity contribution is -0.138. The highest BCUT2D eigenvalue weighted by Gasteiger charge is 2.37. The monoisotopic (exact) mass is 363 g/mol. The number of benzene rings is 1. The van der Waals surface area contributed by atoms with Gasteiger partial charge in [-0.25, -0.2) is 0 Å². The van der Waals surface area contributed by atoms with Crippen LogP contribution in [0.5, 0.6) is 0 Å². The topological polar surface area (TPSA) is 20.3 Å². The number of nitrogens with zero attached hydrogens (tertiary/aromatic N) is 1. The molecule has 1 amide bonds. The third-order valence-electron chi connectivity index (χ3n) is 3.88. The zero-order valence-electron chi connectivity index (χ0n) is 11.7. The minimum absolute atomic E-state index is 0.0379. The van der Waals surface area contributed by atoms with E-state index in [0.29, 0.717) is 11.0 Å². The second-order valence-electron chi connectivity index (χ2n) is 5.24. The second kappa shape index (κ2) is 6.38. The van der Waals surface area contributed by atoms with Crippen LogP contribution in [0.2, 0.25) is 0 Å². The van der Waals surface area contributed by atoms with Crippen LogP contribution in [0.1, 0.15) is 48.5 Å². The highest BCUT2D eigenvalue weighted by atomic mass is 79.9. The van der Waals surface area contributed by atoms with Crippen LogP contribution < -0.4 is 0 Å². The number of piperidine rings is 1. The fourth-order valence-corrected chi connectivity index (χ4v) is 3.15. The average Bonchev–Trinajstić information content (AvgIpc) is 2.45. The minimum atomic E-state index is -4.54. The first-order valence-electron chi connectivity index (χ1n) is 7.02. The summed E-state index contributed by atoms with van der Waals surface area (Å²) < 4.78 is 39.7. The molecule has 0 N–H and O–H groups in total. The summed E-state index contributed by atoms with van der Waals surface area (Å²) in [6.45, 7) is 2.49. The van der Waals surface area contributed by atoms with Crippen molar-refractivity contribution >= 4 is 21.8 Å². The number of likely N-dealkylation sites (tertiary alicyclic amines) is 1. The van der Waals surface area contributed by atoms with Gasteiger partial charge in [0.1, 0.15) is 0 Å². The molecule has 1 atom stereocenters. The van der Waals surface area contributed by atoms with Gasteiger partial charge in [0, 0.05) is 17.1 Å². The Bertz CT molecular complexity index is 530. The Morgan fingerprint density at radius 2 is 2.10 bits per heavy atom. The number of carbonyl (C=O) groups excluding carboxylic acids is 1. The lowest BCUT2D eigenvalue weighted by atomic mass is 9.97. The molecule has 6 heteroatoms. The van der Waals surface area contributed by atoms with E-state index in [1.54, 1.807) is 4.90 Å². The van der Waals surface area contributed by atoms with Gasteiger partial charge in [-0.1, -0.05) is 22.9 Å². The first-order chi connectivity index (χ1) is 9.84. The van der Waals surface area contributed by atoms with E-state index in [1.807, 2.05) is 6.92 Å². The van der Waals surface area contributed by atoms with Gasteiger partial charge >= 0.3 is 6.18 Å². The van der Waals surface area contributed by atoms with Crippen molar-refractivity contribution in [2.24, 2.45) is 0 Å². The molecule has 0 radical (unpaired) electrons. The maximum atomic E-state index is 13.1. The molecule has 0 bridgehead atoms. The van der Waals surface area contributed by atoms with Crippen LogP contribution in [0.4, 0.5) is 13.2 Å². The minimum Gasteiger partial charge on any atom is -0.336 e. The van der Waals surface area contributed by atoms with Crippen LogP contribution in [0.15, 0.2) is 22.7 Å². The molecule has 1 aromatic rings. The van der Waals surface area contributed by atoms with Crippen LogP contribution in [0.3, 0.4) is 0 Å². The Labute approximate surface area is 130 Å². The van der Waals surface area contributed by atoms with Gasteiger partial charge in [-0.15, -0.1) is 0 Å². The van der Waals surface area contributed by atoms with E-state index < -0.39 is 17.6 Å². The van der Waals surface area contributed by atoms with Gasteiger partial charge in [0.05, 0.1) is 11.1 Å². The van der Waals surface area contributed by atoms with Gasteiger partial charge in [-0.2, -0.15) is 13.2 Å². The van der Waals surface area contributed by atoms with Crippen LogP contribution >= 0.6 is 15.9 Å². The van der Waals surface area contributed by atoms with E-state index in [0.717, 1.165) is 31.7 Å². The molecular weight excluding hydrogens is 347 g/mol. The fourth-order valence-electron chi connectivity index (χ4n) is 2.78. The van der Waals surface area contributed by atoms with Gasteiger partial charge in [-0.05, 0) is 43.9 Å². The Morgan fingerprint density at radius 1 is 1.38 bits per heavy atom. The fraction of sp³-hybridized carbons (Fsp3) is 0.533. The summed E-state index contributed by atoms with van der Waals surface area (Å²) in [5.41, 5.74) is -1.13. The number of halogens is 4. The average molecular weight is 364 g/mol. The van der Waals surface area contributed by atoms with Gasteiger partial charge in [0.25, 0.3) is 5.91 Å². The standard InChI is InChI=1S/C15H17BrF3NO/c1-2-11-5-3-4-8-20(11)14(21)12-7-6-10(16)9-13(12)15(17,18)19/h6-7,9,11H,2-5,8H2,1H3. The maximum absolute atomic E-state index is 13.1. The van der Waals surface area contributed by atoms with E-state index in [9.17, 15) is 18.0 Å². The molecule has 1 saturated heterocycles. The molecule has 0 saturated carbocycles. The molecule has 1 unspecified atom stereocenters. The van der Waals surface area contributed by atoms with E-state index in [2.05, 4.69) is 15.9 Å². The molecular formula is C15H17BrF3NO. The van der Waals surface area contributed by atoms with Crippen molar-refractivity contribution in [1.29, 1.82) is 0 Å². The Balaban J connectivity index is 2.39. The van der Waals surface area contributed by atoms with Crippen molar-refractivity contribution in [2.45, 2.75) is 44.8 Å². The predicted molar refractivity (Wildman–Crippen MR) is 78.1 cm³/mol. The van der Waals surface area contributed by atoms with Crippen molar-refractivity contribution in [3.05, 3.63) is 33.8 Å². The first-order valence-corrected chi connectivity index (χ1v) is 7.81. The molecule has 0 spiro atoms. The van der Waals surface area contributed by atoms with Gasteiger partial charge in [0.2, 0.25) is 0 Å². The lowest BCUT2D eigenvalue weighted by Gasteiger charge is -2.35. The summed E-state index contributed by atoms with van der Waals surface area (Å²) in [5.74, 6) is -0.513. The number of rotatable bonds is 2. The second-order valence-corrected chi connectivity index (χ2v) is 6.16. The summed E-state index contributed by atoms with van der Waals surface area (Å²) in [5, 5.41) is 0. The largest absolute Gasteiger partial charge is 0.417 e. The number of hydrogen-bond donors (Lipinski definition) is 0. The Hall–Kier alpha value is -1.04. The smallest absolute Gasteiger partial charge is 0.336 e. The van der Waals surface area contributed by atoms with E-state index in [-0.39, 0.29) is 11.6 Å². The third-order valence-corrected chi connectivity index (χ3v) is 4.37. The molecule has 1 heterocycles. The molecule has 0 aliphatic carbocycles. The molecule has 2 rings (SSSR count). The van der Waals surface area contributed by atoms with Gasteiger partial charge in [0.15, 0.2) is 0 Å². The summed E-state index contributed by atoms with van der Waals surface area (Å²) >= 11 is 3.03. The van der Waals surface area contributed by atoms with E-state index in [1.165, 1.54) is 12.1 Å². The highest BCUT2D eigenvalue weighted by Crippen LogP contribution is 2.35. The summed E-state index contributed by atoms with van der Waals surface area (Å²) in [6.07, 6.45) is -1.04. The Kier molecular flexibility index (Phi) is 4.96. The quantitative estimate of drug-likeness (QED) is 0.733. The van der Waals surface area contributed by atoms with Gasteiger partial charge in [-0.3, -0.25) is 4.79 Å². The third kappa shape index (κ3) is 3.59. The summed E-state index contributed by atoms with van der Waals surface area (Å²) in [6, 6.07) is 3.75. The van der Waals surface area contributed by atoms with Crippen molar-refractivity contribution in [3.8, 4) is 0 Å². The summed E-state index contributed by atoms with van der Waals surface area (Å²) in [7, 11) is 0. The molecule has 1 fully saturated rings. The van der Waals surface area contributed by atoms with Gasteiger partial charge < -0.3 is 4.90 Å². The Morgan fingerprint density at radius 3 is 2.71 bits per heavy atom. The SMILES string of the molecule is CCC1CCCCN1C(=O)c1ccc(Br)cc1C(F)(F)F. The van der Waals surface area contributed by atoms with Crippen molar-refractivity contribution in [3.63, 3.8) is 0 Å². The molecule has 1 aliphatic heterocycles. The maximum Gasteiger partial charge on any atom is 0.417 e. The van der Waals surface area contributed by atoms with Crippen molar-refractivity contribution in [1.82, 2.24) is 4.90 Å². The highest BCUT2D eigenvalue weighted by molar-refractivity contribution is 9.10. The van der Waals surface area contributed by atoms with Crippen LogP contribution in [-0.4, -0.2) is 23.4 Å². The first kappa shape index (κ1) is 16.3. The number of hydrogen-bond acceptors (Lipinski definition) is 1. The van der Waals surface area contributed by atoms with Crippen molar-refractivity contribution < 1.29 is 18.0 Å². The molecule has 1 aliphatic rings. The van der Waals surface area contributed by atoms with E-state index >= 15 is 0 Å². The van der Waals surface area contributed by atoms with Crippen LogP contribution in [-0.2, 0) is 6.18 Å². The van der Waals surface area contributed by atoms with Crippen LogP contribution in [0, 0.1) is 0 Å². The van der Waals surface area contributed by atoms with E-state index in [4.69, 9.17) is 0 Å². The molecule has 1 aromatic carbocycles. The zero-order valence-corrected chi connectivity index (χ0v) is 13.3.